The number of phenols is 1. The van der Waals surface area contributed by atoms with Gasteiger partial charge in [0.05, 0.1) is 12.1 Å². The Morgan fingerprint density at radius 2 is 1.71 bits per heavy atom. The van der Waals surface area contributed by atoms with E-state index in [1.807, 2.05) is 60.7 Å². The summed E-state index contributed by atoms with van der Waals surface area (Å²) in [7, 11) is 0. The highest BCUT2D eigenvalue weighted by molar-refractivity contribution is 5.91. The van der Waals surface area contributed by atoms with Crippen molar-refractivity contribution in [3.05, 3.63) is 108 Å². The van der Waals surface area contributed by atoms with E-state index in [9.17, 15) is 19.5 Å². The van der Waals surface area contributed by atoms with Crippen LogP contribution in [0.3, 0.4) is 0 Å². The van der Waals surface area contributed by atoms with E-state index in [0.29, 0.717) is 13.1 Å². The highest BCUT2D eigenvalue weighted by Gasteiger charge is 2.48. The zero-order chi connectivity index (χ0) is 28.3. The number of benzene rings is 3. The number of rotatable bonds is 6. The molecule has 4 amide bonds. The lowest BCUT2D eigenvalue weighted by Crippen LogP contribution is -2.72. The number of aromatic nitrogens is 1. The zero-order valence-electron chi connectivity index (χ0n) is 22.5. The summed E-state index contributed by atoms with van der Waals surface area (Å²) in [4.78, 5) is 50.5. The molecule has 3 heterocycles. The van der Waals surface area contributed by atoms with Crippen molar-refractivity contribution in [1.82, 2.24) is 25.0 Å². The van der Waals surface area contributed by atoms with Crippen LogP contribution in [-0.2, 0) is 29.1 Å². The topological polar surface area (TPSA) is 106 Å². The maximum atomic E-state index is 14.1. The number of phenolic OH excluding ortho intramolecular Hbond substituents is 1. The first-order valence-electron chi connectivity index (χ1n) is 13.8. The number of nitrogens with one attached hydrogen (secondary N) is 1. The fraction of sp³-hybridized carbons (Fsp3) is 0.250. The Morgan fingerprint density at radius 1 is 0.927 bits per heavy atom. The number of carbonyl (C=O) groups is 3. The third kappa shape index (κ3) is 5.43. The fourth-order valence-corrected chi connectivity index (χ4v) is 5.79. The molecule has 2 aliphatic heterocycles. The van der Waals surface area contributed by atoms with Gasteiger partial charge in [-0.25, -0.2) is 4.79 Å². The van der Waals surface area contributed by atoms with Gasteiger partial charge < -0.3 is 25.1 Å². The van der Waals surface area contributed by atoms with Crippen molar-refractivity contribution in [2.75, 3.05) is 13.1 Å². The van der Waals surface area contributed by atoms with Gasteiger partial charge in [0.1, 0.15) is 18.0 Å². The number of carbonyl (C=O) groups excluding carboxylic acids is 3. The minimum atomic E-state index is -0.793. The Balaban J connectivity index is 1.32. The van der Waals surface area contributed by atoms with Gasteiger partial charge in [0.25, 0.3) is 0 Å². The van der Waals surface area contributed by atoms with Crippen LogP contribution in [0.2, 0.25) is 0 Å². The van der Waals surface area contributed by atoms with Crippen molar-refractivity contribution >= 4 is 28.7 Å². The molecule has 9 nitrogen and oxygen atoms in total. The highest BCUT2D eigenvalue weighted by atomic mass is 16.3. The molecule has 2 saturated heterocycles. The van der Waals surface area contributed by atoms with E-state index in [2.05, 4.69) is 10.3 Å². The molecule has 0 aliphatic carbocycles. The second kappa shape index (κ2) is 11.3. The molecule has 2 aliphatic rings. The molecule has 0 spiro atoms. The molecule has 2 atom stereocenters. The molecule has 0 radical (unpaired) electrons. The van der Waals surface area contributed by atoms with Crippen LogP contribution >= 0.6 is 0 Å². The van der Waals surface area contributed by atoms with E-state index in [1.54, 1.807) is 45.2 Å². The number of amides is 4. The molecule has 9 heteroatoms. The summed E-state index contributed by atoms with van der Waals surface area (Å²) in [6.07, 6.45) is 1.53. The molecule has 3 aromatic carbocycles. The molecule has 2 N–H and O–H groups in total. The average Bonchev–Trinajstić information content (AvgIpc) is 3.00. The van der Waals surface area contributed by atoms with E-state index in [4.69, 9.17) is 0 Å². The third-order valence-electron chi connectivity index (χ3n) is 7.84. The number of fused-ring (bicyclic) bond motifs is 2. The van der Waals surface area contributed by atoms with Crippen molar-refractivity contribution in [3.8, 4) is 5.75 Å². The van der Waals surface area contributed by atoms with Crippen LogP contribution in [0.5, 0.6) is 5.75 Å². The SMILES string of the molecule is O=C1C(Cc2ccc(O)cc2)N2C(=O)CCN(C(=O)NCc3ccccc3)C2CN1Cc1cccc2cccnc12. The lowest BCUT2D eigenvalue weighted by atomic mass is 9.97. The Bertz CT molecular complexity index is 1570. The number of urea groups is 1. The average molecular weight is 550 g/mol. The molecule has 2 fully saturated rings. The minimum absolute atomic E-state index is 0.127. The molecular formula is C32H31N5O4. The van der Waals surface area contributed by atoms with Crippen LogP contribution in [0.1, 0.15) is 23.1 Å². The number of aromatic hydroxyl groups is 1. The lowest BCUT2D eigenvalue weighted by molar-refractivity contribution is -0.167. The molecule has 208 valence electrons. The minimum Gasteiger partial charge on any atom is -0.508 e. The standard InChI is InChI=1S/C32H31N5O4/c38-26-13-11-22(12-14-26)18-27-31(40)35(20-25-9-4-8-24-10-5-16-33-30(24)25)21-28-36(17-15-29(39)37(27)28)32(41)34-19-23-6-2-1-3-7-23/h1-14,16,27-28,38H,15,17-21H2,(H,34,41). The second-order valence-corrected chi connectivity index (χ2v) is 10.5. The van der Waals surface area contributed by atoms with Gasteiger partial charge in [-0.3, -0.25) is 14.6 Å². The zero-order valence-corrected chi connectivity index (χ0v) is 22.5. The second-order valence-electron chi connectivity index (χ2n) is 10.5. The quantitative estimate of drug-likeness (QED) is 0.382. The normalized spacial score (nSPS) is 18.9. The number of hydrogen-bond donors (Lipinski definition) is 2. The van der Waals surface area contributed by atoms with Crippen molar-refractivity contribution in [2.24, 2.45) is 0 Å². The van der Waals surface area contributed by atoms with Crippen molar-refractivity contribution < 1.29 is 19.5 Å². The Hall–Kier alpha value is -4.92. The van der Waals surface area contributed by atoms with Gasteiger partial charge in [-0.05, 0) is 34.9 Å². The number of hydrogen-bond acceptors (Lipinski definition) is 5. The fourth-order valence-electron chi connectivity index (χ4n) is 5.79. The molecule has 0 saturated carbocycles. The van der Waals surface area contributed by atoms with Gasteiger partial charge in [0, 0.05) is 44.1 Å². The maximum absolute atomic E-state index is 14.1. The largest absolute Gasteiger partial charge is 0.508 e. The predicted octanol–water partition coefficient (Wildman–Crippen LogP) is 3.66. The lowest BCUT2D eigenvalue weighted by Gasteiger charge is -2.52. The maximum Gasteiger partial charge on any atom is 0.319 e. The summed E-state index contributed by atoms with van der Waals surface area (Å²) >= 11 is 0. The van der Waals surface area contributed by atoms with Crippen LogP contribution in [0, 0.1) is 0 Å². The number of nitrogens with zero attached hydrogens (tertiary/aromatic N) is 4. The van der Waals surface area contributed by atoms with Gasteiger partial charge in [0.15, 0.2) is 0 Å². The highest BCUT2D eigenvalue weighted by Crippen LogP contribution is 2.30. The van der Waals surface area contributed by atoms with Crippen molar-refractivity contribution in [2.45, 2.75) is 38.1 Å². The summed E-state index contributed by atoms with van der Waals surface area (Å²) in [6, 6.07) is 25.0. The van der Waals surface area contributed by atoms with Gasteiger partial charge >= 0.3 is 6.03 Å². The van der Waals surface area contributed by atoms with Crippen LogP contribution < -0.4 is 5.32 Å². The van der Waals surface area contributed by atoms with Crippen molar-refractivity contribution in [3.63, 3.8) is 0 Å². The van der Waals surface area contributed by atoms with Gasteiger partial charge in [-0.2, -0.15) is 0 Å². The van der Waals surface area contributed by atoms with E-state index in [1.165, 1.54) is 0 Å². The molecule has 1 aromatic heterocycles. The molecular weight excluding hydrogens is 518 g/mol. The number of pyridine rings is 1. The predicted molar refractivity (Wildman–Crippen MR) is 153 cm³/mol. The van der Waals surface area contributed by atoms with Gasteiger partial charge in [-0.1, -0.05) is 66.7 Å². The summed E-state index contributed by atoms with van der Waals surface area (Å²) in [5.41, 5.74) is 3.50. The van der Waals surface area contributed by atoms with E-state index in [-0.39, 0.29) is 49.5 Å². The third-order valence-corrected chi connectivity index (χ3v) is 7.84. The van der Waals surface area contributed by atoms with Gasteiger partial charge in [-0.15, -0.1) is 0 Å². The molecule has 0 bridgehead atoms. The van der Waals surface area contributed by atoms with Crippen molar-refractivity contribution in [1.29, 1.82) is 0 Å². The smallest absolute Gasteiger partial charge is 0.319 e. The summed E-state index contributed by atoms with van der Waals surface area (Å²) in [5, 5.41) is 13.7. The van der Waals surface area contributed by atoms with Crippen LogP contribution in [0.4, 0.5) is 4.79 Å². The van der Waals surface area contributed by atoms with Crippen LogP contribution in [0.15, 0.2) is 91.1 Å². The first-order valence-corrected chi connectivity index (χ1v) is 13.8. The monoisotopic (exact) mass is 549 g/mol. The van der Waals surface area contributed by atoms with Crippen LogP contribution in [0.25, 0.3) is 10.9 Å². The molecule has 2 unspecified atom stereocenters. The first kappa shape index (κ1) is 26.3. The number of para-hydroxylation sites is 1. The molecule has 6 rings (SSSR count). The van der Waals surface area contributed by atoms with E-state index in [0.717, 1.165) is 27.6 Å². The Morgan fingerprint density at radius 3 is 2.51 bits per heavy atom. The number of piperazine rings is 1. The summed E-state index contributed by atoms with van der Waals surface area (Å²) in [5.74, 6) is -0.199. The van der Waals surface area contributed by atoms with E-state index < -0.39 is 12.2 Å². The van der Waals surface area contributed by atoms with Crippen LogP contribution in [-0.4, -0.2) is 67.9 Å². The first-order chi connectivity index (χ1) is 20.0. The Kier molecular flexibility index (Phi) is 7.24. The van der Waals surface area contributed by atoms with E-state index >= 15 is 0 Å². The molecule has 41 heavy (non-hydrogen) atoms. The summed E-state index contributed by atoms with van der Waals surface area (Å²) in [6.45, 7) is 1.12. The van der Waals surface area contributed by atoms with Gasteiger partial charge in [0.2, 0.25) is 11.8 Å². The summed E-state index contributed by atoms with van der Waals surface area (Å²) < 4.78 is 0. The molecule has 4 aromatic rings. The Labute approximate surface area is 238 Å².